The number of anilines is 2. The molecule has 0 bridgehead atoms. The van der Waals surface area contributed by atoms with Crippen LogP contribution in [0.1, 0.15) is 12.5 Å². The monoisotopic (exact) mass is 420 g/mol. The molecule has 2 amide bonds. The summed E-state index contributed by atoms with van der Waals surface area (Å²) in [4.78, 5) is 27.1. The fourth-order valence-electron chi connectivity index (χ4n) is 3.34. The molecule has 0 aromatic heterocycles. The smallest absolute Gasteiger partial charge is 0.282 e. The van der Waals surface area contributed by atoms with E-state index >= 15 is 0 Å². The summed E-state index contributed by atoms with van der Waals surface area (Å²) in [5.41, 5.74) is 0.607. The lowest BCUT2D eigenvalue weighted by Gasteiger charge is -2.16. The first-order valence-electron chi connectivity index (χ1n) is 9.63. The van der Waals surface area contributed by atoms with Gasteiger partial charge in [0, 0.05) is 11.8 Å². The molecule has 1 N–H and O–H groups in total. The molecule has 0 unspecified atom stereocenters. The Morgan fingerprint density at radius 1 is 0.903 bits per heavy atom. The normalized spacial score (nSPS) is 13.7. The summed E-state index contributed by atoms with van der Waals surface area (Å²) in [6.07, 6.45) is 0. The highest BCUT2D eigenvalue weighted by Crippen LogP contribution is 2.35. The standard InChI is InChI=1S/C24H18F2N2O3/c1-2-31-18-11-8-15(9-12-18)21-22(27-17-6-4-3-5-7-17)24(30)28(23(21)29)20-14-16(25)10-13-19(20)26/h3-14,27H,2H2,1H3. The van der Waals surface area contributed by atoms with Gasteiger partial charge in [-0.25, -0.2) is 13.7 Å². The minimum absolute atomic E-state index is 0.0241. The minimum Gasteiger partial charge on any atom is -0.494 e. The first kappa shape index (κ1) is 20.3. The van der Waals surface area contributed by atoms with Crippen LogP contribution in [0.25, 0.3) is 5.57 Å². The van der Waals surface area contributed by atoms with Gasteiger partial charge in [-0.3, -0.25) is 9.59 Å². The van der Waals surface area contributed by atoms with Gasteiger partial charge in [0.2, 0.25) is 0 Å². The van der Waals surface area contributed by atoms with Crippen LogP contribution in [0, 0.1) is 11.6 Å². The Bertz CT molecular complexity index is 1180. The first-order valence-corrected chi connectivity index (χ1v) is 9.63. The molecule has 0 saturated carbocycles. The van der Waals surface area contributed by atoms with Crippen molar-refractivity contribution in [1.29, 1.82) is 0 Å². The minimum atomic E-state index is -0.880. The van der Waals surface area contributed by atoms with E-state index in [1.165, 1.54) is 0 Å². The molecule has 0 radical (unpaired) electrons. The Kier molecular flexibility index (Phi) is 5.49. The van der Waals surface area contributed by atoms with Gasteiger partial charge in [0.1, 0.15) is 23.1 Å². The van der Waals surface area contributed by atoms with E-state index in [0.717, 1.165) is 18.2 Å². The average molecular weight is 420 g/mol. The van der Waals surface area contributed by atoms with Crippen LogP contribution in [-0.4, -0.2) is 18.4 Å². The van der Waals surface area contributed by atoms with Crippen LogP contribution in [-0.2, 0) is 9.59 Å². The molecule has 3 aromatic rings. The molecular weight excluding hydrogens is 402 g/mol. The SMILES string of the molecule is CCOc1ccc(C2=C(Nc3ccccc3)C(=O)N(c3cc(F)ccc3F)C2=O)cc1. The Labute approximate surface area is 177 Å². The van der Waals surface area contributed by atoms with E-state index in [0.29, 0.717) is 28.5 Å². The molecule has 0 spiro atoms. The van der Waals surface area contributed by atoms with Crippen molar-refractivity contribution < 1.29 is 23.1 Å². The number of carbonyl (C=O) groups is 2. The second-order valence-electron chi connectivity index (χ2n) is 6.74. The quantitative estimate of drug-likeness (QED) is 0.584. The molecule has 0 aliphatic carbocycles. The molecule has 0 atom stereocenters. The second kappa shape index (κ2) is 8.39. The molecule has 156 valence electrons. The number of nitrogens with one attached hydrogen (secondary N) is 1. The van der Waals surface area contributed by atoms with Crippen LogP contribution >= 0.6 is 0 Å². The largest absolute Gasteiger partial charge is 0.494 e. The van der Waals surface area contributed by atoms with Gasteiger partial charge in [0.05, 0.1) is 17.9 Å². The van der Waals surface area contributed by atoms with E-state index in [9.17, 15) is 18.4 Å². The number of para-hydroxylation sites is 1. The first-order chi connectivity index (χ1) is 15.0. The highest BCUT2D eigenvalue weighted by Gasteiger charge is 2.41. The predicted molar refractivity (Wildman–Crippen MR) is 113 cm³/mol. The van der Waals surface area contributed by atoms with Gasteiger partial charge in [-0.05, 0) is 48.9 Å². The van der Waals surface area contributed by atoms with Crippen molar-refractivity contribution in [3.63, 3.8) is 0 Å². The maximum Gasteiger partial charge on any atom is 0.282 e. The van der Waals surface area contributed by atoms with Gasteiger partial charge in [-0.1, -0.05) is 30.3 Å². The Hall–Kier alpha value is -4.00. The zero-order valence-electron chi connectivity index (χ0n) is 16.6. The second-order valence-corrected chi connectivity index (χ2v) is 6.74. The Balaban J connectivity index is 1.82. The van der Waals surface area contributed by atoms with Crippen LogP contribution in [0.15, 0.2) is 78.5 Å². The van der Waals surface area contributed by atoms with Crippen LogP contribution in [0.3, 0.4) is 0 Å². The number of hydrogen-bond acceptors (Lipinski definition) is 4. The van der Waals surface area contributed by atoms with E-state index in [-0.39, 0.29) is 11.3 Å². The molecule has 3 aromatic carbocycles. The van der Waals surface area contributed by atoms with Crippen molar-refractivity contribution in [1.82, 2.24) is 0 Å². The topological polar surface area (TPSA) is 58.6 Å². The molecule has 5 nitrogen and oxygen atoms in total. The van der Waals surface area contributed by atoms with E-state index in [2.05, 4.69) is 5.32 Å². The lowest BCUT2D eigenvalue weighted by molar-refractivity contribution is -0.120. The number of nitrogens with zero attached hydrogens (tertiary/aromatic N) is 1. The maximum absolute atomic E-state index is 14.4. The molecule has 0 saturated heterocycles. The third kappa shape index (κ3) is 3.90. The number of carbonyl (C=O) groups excluding carboxylic acids is 2. The van der Waals surface area contributed by atoms with Crippen molar-refractivity contribution >= 4 is 28.8 Å². The van der Waals surface area contributed by atoms with E-state index < -0.39 is 29.1 Å². The molecule has 0 fully saturated rings. The summed E-state index contributed by atoms with van der Waals surface area (Å²) in [5.74, 6) is -2.56. The number of benzene rings is 3. The van der Waals surface area contributed by atoms with E-state index in [1.807, 2.05) is 13.0 Å². The highest BCUT2D eigenvalue weighted by molar-refractivity contribution is 6.46. The summed E-state index contributed by atoms with van der Waals surface area (Å²) in [6.45, 7) is 2.33. The number of hydrogen-bond donors (Lipinski definition) is 1. The van der Waals surface area contributed by atoms with Crippen molar-refractivity contribution in [2.75, 3.05) is 16.8 Å². The lowest BCUT2D eigenvalue weighted by atomic mass is 10.0. The summed E-state index contributed by atoms with van der Waals surface area (Å²) >= 11 is 0. The van der Waals surface area contributed by atoms with Crippen molar-refractivity contribution in [3.8, 4) is 5.75 Å². The van der Waals surface area contributed by atoms with Crippen LogP contribution in [0.5, 0.6) is 5.75 Å². The molecule has 4 rings (SSSR count). The molecule has 7 heteroatoms. The van der Waals surface area contributed by atoms with Gasteiger partial charge in [0.25, 0.3) is 11.8 Å². The predicted octanol–water partition coefficient (Wildman–Crippen LogP) is 4.76. The van der Waals surface area contributed by atoms with Crippen molar-refractivity contribution in [2.45, 2.75) is 6.92 Å². The number of ether oxygens (including phenoxy) is 1. The van der Waals surface area contributed by atoms with Crippen molar-refractivity contribution in [2.24, 2.45) is 0 Å². The molecular formula is C24H18F2N2O3. The summed E-state index contributed by atoms with van der Waals surface area (Å²) in [7, 11) is 0. The number of halogens is 2. The molecule has 1 heterocycles. The highest BCUT2D eigenvalue weighted by atomic mass is 19.1. The molecule has 1 aliphatic heterocycles. The summed E-state index contributed by atoms with van der Waals surface area (Å²) in [5, 5.41) is 2.96. The van der Waals surface area contributed by atoms with Gasteiger partial charge in [0.15, 0.2) is 0 Å². The Morgan fingerprint density at radius 3 is 2.29 bits per heavy atom. The van der Waals surface area contributed by atoms with Crippen LogP contribution in [0.2, 0.25) is 0 Å². The molecule has 31 heavy (non-hydrogen) atoms. The summed E-state index contributed by atoms with van der Waals surface area (Å²) in [6, 6.07) is 18.1. The van der Waals surface area contributed by atoms with Gasteiger partial charge in [-0.2, -0.15) is 0 Å². The fourth-order valence-corrected chi connectivity index (χ4v) is 3.34. The number of rotatable bonds is 6. The van der Waals surface area contributed by atoms with Gasteiger partial charge >= 0.3 is 0 Å². The van der Waals surface area contributed by atoms with Crippen LogP contribution < -0.4 is 15.0 Å². The number of imide groups is 1. The van der Waals surface area contributed by atoms with E-state index in [1.54, 1.807) is 48.5 Å². The zero-order chi connectivity index (χ0) is 22.0. The maximum atomic E-state index is 14.4. The van der Waals surface area contributed by atoms with Crippen molar-refractivity contribution in [3.05, 3.63) is 95.7 Å². The Morgan fingerprint density at radius 2 is 1.61 bits per heavy atom. The third-order valence-corrected chi connectivity index (χ3v) is 4.73. The van der Waals surface area contributed by atoms with Gasteiger partial charge < -0.3 is 10.1 Å². The zero-order valence-corrected chi connectivity index (χ0v) is 16.6. The third-order valence-electron chi connectivity index (χ3n) is 4.73. The number of amides is 2. The lowest BCUT2D eigenvalue weighted by Crippen LogP contribution is -2.33. The van der Waals surface area contributed by atoms with E-state index in [4.69, 9.17) is 4.74 Å². The fraction of sp³-hybridized carbons (Fsp3) is 0.0833. The van der Waals surface area contributed by atoms with Gasteiger partial charge in [-0.15, -0.1) is 0 Å². The van der Waals surface area contributed by atoms with Crippen LogP contribution in [0.4, 0.5) is 20.2 Å². The molecule has 1 aliphatic rings. The average Bonchev–Trinajstić information content (AvgIpc) is 3.01. The summed E-state index contributed by atoms with van der Waals surface area (Å²) < 4.78 is 33.6.